The number of urea groups is 1. The molecule has 0 bridgehead atoms. The van der Waals surface area contributed by atoms with Gasteiger partial charge in [-0.2, -0.15) is 0 Å². The lowest BCUT2D eigenvalue weighted by atomic mass is 9.88. The Morgan fingerprint density at radius 2 is 1.45 bits per heavy atom. The zero-order valence-electron chi connectivity index (χ0n) is 16.8. The molecule has 0 radical (unpaired) electrons. The number of hydrogen-bond acceptors (Lipinski definition) is 2. The normalized spacial score (nSPS) is 10.7. The van der Waals surface area contributed by atoms with Gasteiger partial charge in [0.15, 0.2) is 0 Å². The van der Waals surface area contributed by atoms with Gasteiger partial charge in [-0.1, -0.05) is 78.9 Å². The van der Waals surface area contributed by atoms with Crippen LogP contribution < -0.4 is 10.6 Å². The highest BCUT2D eigenvalue weighted by atomic mass is 16.5. The summed E-state index contributed by atoms with van der Waals surface area (Å²) in [6, 6.07) is 28.3. The van der Waals surface area contributed by atoms with Crippen LogP contribution in [0.4, 0.5) is 10.5 Å². The zero-order chi connectivity index (χ0) is 20.3. The van der Waals surface area contributed by atoms with Crippen LogP contribution in [0.5, 0.6) is 0 Å². The van der Waals surface area contributed by atoms with E-state index in [1.165, 1.54) is 11.1 Å². The van der Waals surface area contributed by atoms with Crippen LogP contribution in [0.15, 0.2) is 84.9 Å². The van der Waals surface area contributed by atoms with Crippen molar-refractivity contribution in [2.45, 2.75) is 25.9 Å². The van der Waals surface area contributed by atoms with E-state index in [-0.39, 0.29) is 11.9 Å². The molecule has 3 rings (SSSR count). The molecule has 0 saturated carbocycles. The van der Waals surface area contributed by atoms with Gasteiger partial charge in [0.25, 0.3) is 0 Å². The molecule has 4 nitrogen and oxygen atoms in total. The number of nitrogens with one attached hydrogen (secondary N) is 2. The summed E-state index contributed by atoms with van der Waals surface area (Å²) in [7, 11) is 0. The molecule has 150 valence electrons. The van der Waals surface area contributed by atoms with Gasteiger partial charge in [0.2, 0.25) is 0 Å². The molecular formula is C25H28N2O2. The Balaban J connectivity index is 1.59. The lowest BCUT2D eigenvalue weighted by Gasteiger charge is -2.19. The van der Waals surface area contributed by atoms with Crippen LogP contribution in [0.2, 0.25) is 0 Å². The van der Waals surface area contributed by atoms with Crippen LogP contribution in [0.25, 0.3) is 0 Å². The molecule has 2 N–H and O–H groups in total. The van der Waals surface area contributed by atoms with E-state index in [4.69, 9.17) is 4.74 Å². The maximum Gasteiger partial charge on any atom is 0.319 e. The molecule has 0 atom stereocenters. The molecule has 3 aromatic rings. The Morgan fingerprint density at radius 1 is 0.862 bits per heavy atom. The quantitative estimate of drug-likeness (QED) is 0.504. The van der Waals surface area contributed by atoms with Crippen molar-refractivity contribution in [1.29, 1.82) is 0 Å². The van der Waals surface area contributed by atoms with Crippen LogP contribution in [0.3, 0.4) is 0 Å². The first-order valence-corrected chi connectivity index (χ1v) is 10.1. The average molecular weight is 389 g/mol. The molecule has 0 unspecified atom stereocenters. The first-order chi connectivity index (χ1) is 14.3. The molecule has 2 amide bonds. The van der Waals surface area contributed by atoms with Crippen LogP contribution in [-0.4, -0.2) is 19.2 Å². The molecule has 0 aromatic heterocycles. The average Bonchev–Trinajstić information content (AvgIpc) is 2.77. The second kappa shape index (κ2) is 11.0. The number of para-hydroxylation sites is 1. The van der Waals surface area contributed by atoms with E-state index >= 15 is 0 Å². The van der Waals surface area contributed by atoms with E-state index in [2.05, 4.69) is 59.2 Å². The highest BCUT2D eigenvalue weighted by molar-refractivity contribution is 5.90. The SMILES string of the molecule is CCOCc1ccccc1NC(=O)NCCC(c1ccccc1)c1ccccc1. The maximum absolute atomic E-state index is 12.4. The fraction of sp³-hybridized carbons (Fsp3) is 0.240. The lowest BCUT2D eigenvalue weighted by Crippen LogP contribution is -2.30. The van der Waals surface area contributed by atoms with Crippen LogP contribution in [0.1, 0.15) is 36.0 Å². The van der Waals surface area contributed by atoms with Gasteiger partial charge >= 0.3 is 6.03 Å². The van der Waals surface area contributed by atoms with Crippen molar-refractivity contribution in [3.8, 4) is 0 Å². The van der Waals surface area contributed by atoms with Gasteiger partial charge in [0.1, 0.15) is 0 Å². The second-order valence-corrected chi connectivity index (χ2v) is 6.84. The molecule has 29 heavy (non-hydrogen) atoms. The Bertz CT molecular complexity index is 842. The van der Waals surface area contributed by atoms with Gasteiger partial charge < -0.3 is 15.4 Å². The number of amides is 2. The van der Waals surface area contributed by atoms with E-state index in [1.54, 1.807) is 0 Å². The van der Waals surface area contributed by atoms with Crippen molar-refractivity contribution in [2.75, 3.05) is 18.5 Å². The minimum absolute atomic E-state index is 0.200. The largest absolute Gasteiger partial charge is 0.377 e. The van der Waals surface area contributed by atoms with Crippen LogP contribution in [-0.2, 0) is 11.3 Å². The van der Waals surface area contributed by atoms with Gasteiger partial charge in [0.05, 0.1) is 6.61 Å². The summed E-state index contributed by atoms with van der Waals surface area (Å²) >= 11 is 0. The van der Waals surface area contributed by atoms with E-state index in [0.29, 0.717) is 19.8 Å². The first kappa shape index (κ1) is 20.6. The van der Waals surface area contributed by atoms with E-state index in [0.717, 1.165) is 17.7 Å². The molecule has 0 aliphatic heterocycles. The number of benzene rings is 3. The second-order valence-electron chi connectivity index (χ2n) is 6.84. The number of carbonyl (C=O) groups is 1. The van der Waals surface area contributed by atoms with Crippen LogP contribution in [0, 0.1) is 0 Å². The smallest absolute Gasteiger partial charge is 0.319 e. The Kier molecular flexibility index (Phi) is 7.84. The fourth-order valence-corrected chi connectivity index (χ4v) is 3.37. The third-order valence-corrected chi connectivity index (χ3v) is 4.85. The summed E-state index contributed by atoms with van der Waals surface area (Å²) < 4.78 is 5.48. The predicted molar refractivity (Wildman–Crippen MR) is 118 cm³/mol. The van der Waals surface area contributed by atoms with Gasteiger partial charge in [0, 0.05) is 30.3 Å². The van der Waals surface area contributed by atoms with Crippen molar-refractivity contribution in [3.05, 3.63) is 102 Å². The molecule has 0 fully saturated rings. The number of carbonyl (C=O) groups excluding carboxylic acids is 1. The van der Waals surface area contributed by atoms with E-state index in [1.807, 2.05) is 43.3 Å². The summed E-state index contributed by atoms with van der Waals surface area (Å²) in [6.07, 6.45) is 0.821. The molecule has 0 aliphatic carbocycles. The monoisotopic (exact) mass is 388 g/mol. The van der Waals surface area contributed by atoms with Crippen molar-refractivity contribution in [1.82, 2.24) is 5.32 Å². The van der Waals surface area contributed by atoms with Gasteiger partial charge in [-0.25, -0.2) is 4.79 Å². The molecule has 3 aromatic carbocycles. The summed E-state index contributed by atoms with van der Waals surface area (Å²) in [6.45, 7) is 3.66. The number of rotatable bonds is 9. The Hall–Kier alpha value is -3.11. The number of anilines is 1. The lowest BCUT2D eigenvalue weighted by molar-refractivity contribution is 0.134. The molecular weight excluding hydrogens is 360 g/mol. The van der Waals surface area contributed by atoms with E-state index < -0.39 is 0 Å². The van der Waals surface area contributed by atoms with Crippen molar-refractivity contribution < 1.29 is 9.53 Å². The van der Waals surface area contributed by atoms with Crippen LogP contribution >= 0.6 is 0 Å². The Labute approximate surface area is 172 Å². The highest BCUT2D eigenvalue weighted by Crippen LogP contribution is 2.27. The molecule has 0 saturated heterocycles. The molecule has 4 heteroatoms. The number of ether oxygens (including phenoxy) is 1. The van der Waals surface area contributed by atoms with Crippen molar-refractivity contribution in [3.63, 3.8) is 0 Å². The van der Waals surface area contributed by atoms with E-state index in [9.17, 15) is 4.79 Å². The summed E-state index contributed by atoms with van der Waals surface area (Å²) in [5.41, 5.74) is 4.25. The summed E-state index contributed by atoms with van der Waals surface area (Å²) in [5, 5.41) is 5.94. The molecule has 0 spiro atoms. The topological polar surface area (TPSA) is 50.4 Å². The van der Waals surface area contributed by atoms with Gasteiger partial charge in [-0.15, -0.1) is 0 Å². The summed E-state index contributed by atoms with van der Waals surface area (Å²) in [5.74, 6) is 0.239. The van der Waals surface area contributed by atoms with Gasteiger partial charge in [-0.05, 0) is 30.5 Å². The third kappa shape index (κ3) is 6.19. The molecule has 0 heterocycles. The third-order valence-electron chi connectivity index (χ3n) is 4.85. The highest BCUT2D eigenvalue weighted by Gasteiger charge is 2.14. The fourth-order valence-electron chi connectivity index (χ4n) is 3.37. The minimum atomic E-state index is -0.200. The predicted octanol–water partition coefficient (Wildman–Crippen LogP) is 5.57. The zero-order valence-corrected chi connectivity index (χ0v) is 16.8. The number of hydrogen-bond donors (Lipinski definition) is 2. The standard InChI is InChI=1S/C25H28N2O2/c1-2-29-19-22-15-9-10-16-24(22)27-25(28)26-18-17-23(20-11-5-3-6-12-20)21-13-7-4-8-14-21/h3-16,23H,2,17-19H2,1H3,(H2,26,27,28). The summed E-state index contributed by atoms with van der Waals surface area (Å²) in [4.78, 5) is 12.4. The molecule has 0 aliphatic rings. The van der Waals surface area contributed by atoms with Gasteiger partial charge in [-0.3, -0.25) is 0 Å². The van der Waals surface area contributed by atoms with Crippen molar-refractivity contribution in [2.24, 2.45) is 0 Å². The maximum atomic E-state index is 12.4. The first-order valence-electron chi connectivity index (χ1n) is 10.1. The Morgan fingerprint density at radius 3 is 2.07 bits per heavy atom. The minimum Gasteiger partial charge on any atom is -0.377 e. The van der Waals surface area contributed by atoms with Crippen molar-refractivity contribution >= 4 is 11.7 Å².